The van der Waals surface area contributed by atoms with E-state index in [1.807, 2.05) is 18.2 Å². The molecule has 0 unspecified atom stereocenters. The van der Waals surface area contributed by atoms with Crippen LogP contribution in [0.4, 0.5) is 0 Å². The van der Waals surface area contributed by atoms with E-state index in [9.17, 15) is 4.79 Å². The van der Waals surface area contributed by atoms with Crippen LogP contribution in [0.2, 0.25) is 0 Å². The first-order valence-electron chi connectivity index (χ1n) is 12.4. The number of carbonyl (C=O) groups is 1. The Morgan fingerprint density at radius 1 is 1.06 bits per heavy atom. The van der Waals surface area contributed by atoms with Gasteiger partial charge in [-0.15, -0.1) is 0 Å². The molecule has 1 aromatic heterocycles. The maximum atomic E-state index is 12.6. The van der Waals surface area contributed by atoms with Crippen molar-refractivity contribution in [1.82, 2.24) is 25.3 Å². The Kier molecular flexibility index (Phi) is 8.76. The number of hydrogen-bond donors (Lipinski definition) is 1. The molecule has 34 heavy (non-hydrogen) atoms. The maximum Gasteiger partial charge on any atom is 0.241 e. The summed E-state index contributed by atoms with van der Waals surface area (Å²) in [6.45, 7) is 6.57. The van der Waals surface area contributed by atoms with Crippen LogP contribution in [0, 0.1) is 5.92 Å². The molecule has 3 heterocycles. The van der Waals surface area contributed by atoms with E-state index < -0.39 is 0 Å². The number of amides is 1. The lowest BCUT2D eigenvalue weighted by atomic mass is 9.96. The first-order valence-corrected chi connectivity index (χ1v) is 12.4. The minimum absolute atomic E-state index is 0.0937. The maximum absolute atomic E-state index is 12.6. The van der Waals surface area contributed by atoms with Gasteiger partial charge >= 0.3 is 0 Å². The molecule has 0 radical (unpaired) electrons. The molecule has 2 fully saturated rings. The number of piperidine rings is 2. The predicted octanol–water partition coefficient (Wildman–Crippen LogP) is 2.96. The Morgan fingerprint density at radius 2 is 1.82 bits per heavy atom. The molecule has 1 aromatic carbocycles. The van der Waals surface area contributed by atoms with Gasteiger partial charge in [-0.1, -0.05) is 11.6 Å². The number of aromatic nitrogens is 2. The number of benzene rings is 1. The molecule has 1 amide bonds. The summed E-state index contributed by atoms with van der Waals surface area (Å²) in [7, 11) is 3.20. The molecule has 0 spiro atoms. The van der Waals surface area contributed by atoms with Crippen molar-refractivity contribution < 1.29 is 18.8 Å². The molecule has 0 saturated carbocycles. The van der Waals surface area contributed by atoms with Crippen LogP contribution in [-0.4, -0.2) is 79.3 Å². The molecule has 186 valence electrons. The van der Waals surface area contributed by atoms with Crippen LogP contribution >= 0.6 is 0 Å². The number of nitrogens with one attached hydrogen (secondary N) is 1. The second-order valence-electron chi connectivity index (χ2n) is 9.18. The van der Waals surface area contributed by atoms with Crippen LogP contribution in [0.15, 0.2) is 22.7 Å². The van der Waals surface area contributed by atoms with E-state index in [4.69, 9.17) is 14.0 Å². The van der Waals surface area contributed by atoms with Crippen molar-refractivity contribution in [1.29, 1.82) is 0 Å². The fourth-order valence-corrected chi connectivity index (χ4v) is 4.80. The third-order valence-electron chi connectivity index (χ3n) is 6.83. The molecule has 0 bridgehead atoms. The van der Waals surface area contributed by atoms with Crippen molar-refractivity contribution in [2.24, 2.45) is 5.92 Å². The molecular weight excluding hydrogens is 434 g/mol. The summed E-state index contributed by atoms with van der Waals surface area (Å²) >= 11 is 0. The van der Waals surface area contributed by atoms with E-state index in [0.29, 0.717) is 29.8 Å². The van der Waals surface area contributed by atoms with E-state index in [1.54, 1.807) is 14.2 Å². The Morgan fingerprint density at radius 3 is 2.56 bits per heavy atom. The monoisotopic (exact) mass is 471 g/mol. The Labute approximate surface area is 201 Å². The topological polar surface area (TPSA) is 93.0 Å². The van der Waals surface area contributed by atoms with Crippen LogP contribution in [0.3, 0.4) is 0 Å². The van der Waals surface area contributed by atoms with Crippen molar-refractivity contribution >= 4 is 5.91 Å². The zero-order valence-electron chi connectivity index (χ0n) is 20.4. The number of methoxy groups -OCH3 is 2. The zero-order valence-corrected chi connectivity index (χ0v) is 20.4. The van der Waals surface area contributed by atoms with Gasteiger partial charge in [-0.05, 0) is 83.0 Å². The molecule has 1 N–H and O–H groups in total. The quantitative estimate of drug-likeness (QED) is 0.529. The standard InChI is InChI=1S/C25H37N5O4/c1-32-21-8-7-20(17-22(21)33-2)24-27-23(34-28-24)18-30-15-9-19(10-16-30)25(31)26-11-6-14-29-12-4-3-5-13-29/h7-8,17,19H,3-6,9-16,18H2,1-2H3,(H,26,31). The Balaban J connectivity index is 1.18. The summed E-state index contributed by atoms with van der Waals surface area (Å²) in [5.74, 6) is 2.67. The van der Waals surface area contributed by atoms with Gasteiger partial charge in [-0.25, -0.2) is 0 Å². The molecule has 9 heteroatoms. The van der Waals surface area contributed by atoms with Gasteiger partial charge in [0.2, 0.25) is 17.6 Å². The molecule has 2 aliphatic heterocycles. The number of likely N-dealkylation sites (tertiary alicyclic amines) is 2. The van der Waals surface area contributed by atoms with Crippen LogP contribution in [0.25, 0.3) is 11.4 Å². The summed E-state index contributed by atoms with van der Waals surface area (Å²) in [5, 5.41) is 7.28. The molecule has 9 nitrogen and oxygen atoms in total. The third kappa shape index (κ3) is 6.48. The lowest BCUT2D eigenvalue weighted by Crippen LogP contribution is -2.41. The minimum atomic E-state index is 0.0937. The predicted molar refractivity (Wildman–Crippen MR) is 129 cm³/mol. The number of carbonyl (C=O) groups excluding carboxylic acids is 1. The van der Waals surface area contributed by atoms with Gasteiger partial charge in [-0.3, -0.25) is 9.69 Å². The number of hydrogen-bond acceptors (Lipinski definition) is 8. The minimum Gasteiger partial charge on any atom is -0.493 e. The average Bonchev–Trinajstić information content (AvgIpc) is 3.35. The third-order valence-corrected chi connectivity index (χ3v) is 6.83. The van der Waals surface area contributed by atoms with Gasteiger partial charge in [0.05, 0.1) is 20.8 Å². The molecule has 4 rings (SSSR count). The van der Waals surface area contributed by atoms with Crippen molar-refractivity contribution in [3.05, 3.63) is 24.1 Å². The average molecular weight is 472 g/mol. The smallest absolute Gasteiger partial charge is 0.241 e. The van der Waals surface area contributed by atoms with Gasteiger partial charge in [0.25, 0.3) is 0 Å². The molecule has 2 saturated heterocycles. The fourth-order valence-electron chi connectivity index (χ4n) is 4.80. The van der Waals surface area contributed by atoms with E-state index in [1.165, 1.54) is 32.4 Å². The summed E-state index contributed by atoms with van der Waals surface area (Å²) in [6, 6.07) is 5.55. The Bertz CT molecular complexity index is 920. The highest BCUT2D eigenvalue weighted by Gasteiger charge is 2.26. The van der Waals surface area contributed by atoms with E-state index in [0.717, 1.165) is 51.0 Å². The molecule has 2 aromatic rings. The normalized spacial score (nSPS) is 18.1. The lowest BCUT2D eigenvalue weighted by molar-refractivity contribution is -0.126. The second kappa shape index (κ2) is 12.2. The summed E-state index contributed by atoms with van der Waals surface area (Å²) in [4.78, 5) is 21.9. The van der Waals surface area contributed by atoms with Crippen molar-refractivity contribution in [2.75, 3.05) is 53.5 Å². The van der Waals surface area contributed by atoms with E-state index in [2.05, 4.69) is 25.3 Å². The van der Waals surface area contributed by atoms with Gasteiger partial charge in [0.15, 0.2) is 11.5 Å². The van der Waals surface area contributed by atoms with Crippen LogP contribution < -0.4 is 14.8 Å². The van der Waals surface area contributed by atoms with Crippen LogP contribution in [-0.2, 0) is 11.3 Å². The van der Waals surface area contributed by atoms with Gasteiger partial charge in [0, 0.05) is 18.0 Å². The van der Waals surface area contributed by atoms with E-state index >= 15 is 0 Å². The number of nitrogens with zero attached hydrogens (tertiary/aromatic N) is 4. The second-order valence-corrected chi connectivity index (χ2v) is 9.18. The van der Waals surface area contributed by atoms with Gasteiger partial charge in [-0.2, -0.15) is 4.98 Å². The fraction of sp³-hybridized carbons (Fsp3) is 0.640. The van der Waals surface area contributed by atoms with E-state index in [-0.39, 0.29) is 11.8 Å². The van der Waals surface area contributed by atoms with Crippen molar-refractivity contribution in [3.63, 3.8) is 0 Å². The molecule has 0 aliphatic carbocycles. The number of ether oxygens (including phenoxy) is 2. The van der Waals surface area contributed by atoms with Crippen molar-refractivity contribution in [2.45, 2.75) is 45.1 Å². The SMILES string of the molecule is COc1ccc(-c2noc(CN3CCC(C(=O)NCCCN4CCCCC4)CC3)n2)cc1OC. The highest BCUT2D eigenvalue weighted by Crippen LogP contribution is 2.31. The van der Waals surface area contributed by atoms with Crippen LogP contribution in [0.1, 0.15) is 44.4 Å². The van der Waals surface area contributed by atoms with Gasteiger partial charge < -0.3 is 24.2 Å². The lowest BCUT2D eigenvalue weighted by Gasteiger charge is -2.30. The highest BCUT2D eigenvalue weighted by molar-refractivity contribution is 5.78. The molecule has 0 atom stereocenters. The summed E-state index contributed by atoms with van der Waals surface area (Å²) < 4.78 is 16.1. The number of rotatable bonds is 10. The summed E-state index contributed by atoms with van der Waals surface area (Å²) in [6.07, 6.45) is 6.73. The molecular formula is C25H37N5O4. The van der Waals surface area contributed by atoms with Crippen LogP contribution in [0.5, 0.6) is 11.5 Å². The van der Waals surface area contributed by atoms with Crippen molar-refractivity contribution in [3.8, 4) is 22.9 Å². The molecule has 2 aliphatic rings. The first kappa shape index (κ1) is 24.5. The summed E-state index contributed by atoms with van der Waals surface area (Å²) in [5.41, 5.74) is 0.809. The zero-order chi connectivity index (χ0) is 23.8. The highest BCUT2D eigenvalue weighted by atomic mass is 16.5. The Hall–Kier alpha value is -2.65. The largest absolute Gasteiger partial charge is 0.493 e. The first-order chi connectivity index (χ1) is 16.7. The van der Waals surface area contributed by atoms with Gasteiger partial charge in [0.1, 0.15) is 0 Å².